The van der Waals surface area contributed by atoms with Gasteiger partial charge in [-0.1, -0.05) is 17.3 Å². The molecule has 0 bridgehead atoms. The second-order valence-electron chi connectivity index (χ2n) is 7.60. The number of para-hydroxylation sites is 1. The van der Waals surface area contributed by atoms with Gasteiger partial charge in [0.2, 0.25) is 11.8 Å². The average Bonchev–Trinajstić information content (AvgIpc) is 3.05. The number of nitrogens with zero attached hydrogens (tertiary/aromatic N) is 3. The fraction of sp³-hybridized carbons (Fsp3) is 0.476. The molecule has 1 unspecified atom stereocenters. The molecule has 1 fully saturated rings. The van der Waals surface area contributed by atoms with Crippen LogP contribution in [0.25, 0.3) is 0 Å². The van der Waals surface area contributed by atoms with Crippen molar-refractivity contribution in [1.82, 2.24) is 15.0 Å². The second-order valence-corrected chi connectivity index (χ2v) is 7.60. The summed E-state index contributed by atoms with van der Waals surface area (Å²) in [6, 6.07) is 4.25. The minimum atomic E-state index is -4.56. The topological polar surface area (TPSA) is 78.7 Å². The Bertz CT molecular complexity index is 930. The lowest BCUT2D eigenvalue weighted by atomic mass is 10.1. The van der Waals surface area contributed by atoms with Crippen molar-refractivity contribution >= 4 is 17.5 Å². The lowest BCUT2D eigenvalue weighted by Gasteiger charge is -2.37. The fourth-order valence-electron chi connectivity index (χ4n) is 3.62. The Hall–Kier alpha value is -2.88. The molecule has 7 nitrogen and oxygen atoms in total. The Morgan fingerprint density at radius 3 is 2.39 bits per heavy atom. The number of alkyl halides is 3. The van der Waals surface area contributed by atoms with E-state index in [2.05, 4.69) is 10.5 Å². The number of hydrogen-bond donors (Lipinski definition) is 1. The monoisotopic (exact) mass is 438 g/mol. The number of anilines is 1. The zero-order valence-electron chi connectivity index (χ0n) is 17.6. The lowest BCUT2D eigenvalue weighted by Crippen LogP contribution is -2.54. The van der Waals surface area contributed by atoms with Crippen LogP contribution in [-0.2, 0) is 22.2 Å². The molecule has 1 aliphatic heterocycles. The van der Waals surface area contributed by atoms with E-state index in [4.69, 9.17) is 4.52 Å². The zero-order valence-corrected chi connectivity index (χ0v) is 17.6. The maximum Gasteiger partial charge on any atom is 0.418 e. The highest BCUT2D eigenvalue weighted by Gasteiger charge is 2.34. The summed E-state index contributed by atoms with van der Waals surface area (Å²) >= 11 is 0. The van der Waals surface area contributed by atoms with Crippen molar-refractivity contribution in [2.75, 3.05) is 31.5 Å². The average molecular weight is 438 g/mol. The van der Waals surface area contributed by atoms with Crippen LogP contribution in [0.3, 0.4) is 0 Å². The summed E-state index contributed by atoms with van der Waals surface area (Å²) in [4.78, 5) is 28.7. The Morgan fingerprint density at radius 2 is 1.81 bits per heavy atom. The molecule has 10 heteroatoms. The van der Waals surface area contributed by atoms with Crippen molar-refractivity contribution in [3.8, 4) is 0 Å². The Labute approximate surface area is 178 Å². The number of nitrogens with one attached hydrogen (secondary N) is 1. The highest BCUT2D eigenvalue weighted by Crippen LogP contribution is 2.34. The van der Waals surface area contributed by atoms with Crippen molar-refractivity contribution in [1.29, 1.82) is 0 Å². The van der Waals surface area contributed by atoms with Gasteiger partial charge in [0.1, 0.15) is 5.76 Å². The summed E-state index contributed by atoms with van der Waals surface area (Å²) in [5, 5.41) is 6.25. The summed E-state index contributed by atoms with van der Waals surface area (Å²) in [6.07, 6.45) is -4.36. The summed E-state index contributed by atoms with van der Waals surface area (Å²) < 4.78 is 44.5. The number of aryl methyl sites for hydroxylation is 2. The fourth-order valence-corrected chi connectivity index (χ4v) is 3.62. The van der Waals surface area contributed by atoms with E-state index in [1.54, 1.807) is 25.7 Å². The highest BCUT2D eigenvalue weighted by molar-refractivity contribution is 5.95. The third-order valence-corrected chi connectivity index (χ3v) is 5.59. The third-order valence-electron chi connectivity index (χ3n) is 5.59. The van der Waals surface area contributed by atoms with Gasteiger partial charge in [0.25, 0.3) is 0 Å². The summed E-state index contributed by atoms with van der Waals surface area (Å²) in [5.74, 6) is 0.0476. The van der Waals surface area contributed by atoms with Gasteiger partial charge in [-0.15, -0.1) is 0 Å². The number of hydrogen-bond acceptors (Lipinski definition) is 5. The second kappa shape index (κ2) is 9.09. The number of carbonyl (C=O) groups is 2. The molecule has 168 valence electrons. The summed E-state index contributed by atoms with van der Waals surface area (Å²) in [5.41, 5.74) is 0.322. The van der Waals surface area contributed by atoms with Gasteiger partial charge >= 0.3 is 6.18 Å². The molecule has 1 aliphatic rings. The molecule has 1 atom stereocenters. The van der Waals surface area contributed by atoms with Crippen molar-refractivity contribution in [3.05, 3.63) is 46.8 Å². The van der Waals surface area contributed by atoms with Crippen LogP contribution in [0.15, 0.2) is 28.8 Å². The van der Waals surface area contributed by atoms with Gasteiger partial charge in [-0.2, -0.15) is 13.2 Å². The van der Waals surface area contributed by atoms with Gasteiger partial charge < -0.3 is 14.7 Å². The van der Waals surface area contributed by atoms with Crippen molar-refractivity contribution in [2.24, 2.45) is 0 Å². The molecule has 1 aromatic heterocycles. The minimum Gasteiger partial charge on any atom is -0.361 e. The Kier molecular flexibility index (Phi) is 6.68. The van der Waals surface area contributed by atoms with E-state index in [0.29, 0.717) is 37.6 Å². The van der Waals surface area contributed by atoms with Gasteiger partial charge in [0.15, 0.2) is 0 Å². The van der Waals surface area contributed by atoms with Gasteiger partial charge in [-0.25, -0.2) is 0 Å². The number of carbonyl (C=O) groups excluding carboxylic acids is 2. The lowest BCUT2D eigenvalue weighted by molar-refractivity contribution is -0.137. The van der Waals surface area contributed by atoms with E-state index in [1.807, 2.05) is 4.90 Å². The van der Waals surface area contributed by atoms with Crippen LogP contribution in [0.2, 0.25) is 0 Å². The number of amides is 2. The molecule has 31 heavy (non-hydrogen) atoms. The van der Waals surface area contributed by atoms with Crippen LogP contribution in [0.5, 0.6) is 0 Å². The Morgan fingerprint density at radius 1 is 1.16 bits per heavy atom. The number of halogens is 3. The molecule has 3 rings (SSSR count). The standard InChI is InChI=1S/C21H25F3N4O3/c1-13-16(15(3)31-26-13)12-19(29)28-10-8-27(9-11-28)14(2)20(30)25-18-7-5-4-6-17(18)21(22,23)24/h4-7,14H,8-12H2,1-3H3,(H,25,30). The van der Waals surface area contributed by atoms with E-state index in [9.17, 15) is 22.8 Å². The first kappa shape index (κ1) is 22.8. The molecule has 2 amide bonds. The molecule has 2 aromatic rings. The molecule has 1 aromatic carbocycles. The molecule has 0 saturated carbocycles. The molecule has 2 heterocycles. The van der Waals surface area contributed by atoms with E-state index in [1.165, 1.54) is 18.2 Å². The van der Waals surface area contributed by atoms with E-state index >= 15 is 0 Å². The molecular formula is C21H25F3N4O3. The minimum absolute atomic E-state index is 0.0507. The normalized spacial score (nSPS) is 16.3. The Balaban J connectivity index is 1.56. The maximum absolute atomic E-state index is 13.1. The van der Waals surface area contributed by atoms with E-state index in [-0.39, 0.29) is 18.0 Å². The van der Waals surface area contributed by atoms with Crippen LogP contribution < -0.4 is 5.32 Å². The van der Waals surface area contributed by atoms with Crippen molar-refractivity contribution < 1.29 is 27.3 Å². The van der Waals surface area contributed by atoms with Gasteiger partial charge in [-0.3, -0.25) is 14.5 Å². The van der Waals surface area contributed by atoms with Crippen LogP contribution in [0, 0.1) is 13.8 Å². The van der Waals surface area contributed by atoms with Gasteiger partial charge in [0.05, 0.1) is 29.4 Å². The number of aromatic nitrogens is 1. The molecule has 1 N–H and O–H groups in total. The first-order valence-corrected chi connectivity index (χ1v) is 9.98. The molecule has 1 saturated heterocycles. The molecular weight excluding hydrogens is 413 g/mol. The third kappa shape index (κ3) is 5.25. The number of rotatable bonds is 5. The summed E-state index contributed by atoms with van der Waals surface area (Å²) in [6.45, 7) is 6.95. The quantitative estimate of drug-likeness (QED) is 0.777. The highest BCUT2D eigenvalue weighted by atomic mass is 19.4. The van der Waals surface area contributed by atoms with E-state index < -0.39 is 23.7 Å². The van der Waals surface area contributed by atoms with Crippen LogP contribution in [-0.4, -0.2) is 59.0 Å². The van der Waals surface area contributed by atoms with Crippen LogP contribution in [0.1, 0.15) is 29.5 Å². The zero-order chi connectivity index (χ0) is 22.8. The molecule has 0 aliphatic carbocycles. The maximum atomic E-state index is 13.1. The van der Waals surface area contributed by atoms with Gasteiger partial charge in [0, 0.05) is 31.7 Å². The predicted molar refractivity (Wildman–Crippen MR) is 107 cm³/mol. The number of piperazine rings is 1. The smallest absolute Gasteiger partial charge is 0.361 e. The largest absolute Gasteiger partial charge is 0.418 e. The number of benzene rings is 1. The van der Waals surface area contributed by atoms with Crippen molar-refractivity contribution in [2.45, 2.75) is 39.4 Å². The first-order chi connectivity index (χ1) is 14.6. The van der Waals surface area contributed by atoms with Crippen LogP contribution in [0.4, 0.5) is 18.9 Å². The molecule has 0 radical (unpaired) electrons. The molecule has 0 spiro atoms. The van der Waals surface area contributed by atoms with Crippen molar-refractivity contribution in [3.63, 3.8) is 0 Å². The van der Waals surface area contributed by atoms with E-state index in [0.717, 1.165) is 11.6 Å². The SMILES string of the molecule is Cc1noc(C)c1CC(=O)N1CCN(C(C)C(=O)Nc2ccccc2C(F)(F)F)CC1. The summed E-state index contributed by atoms with van der Waals surface area (Å²) in [7, 11) is 0. The predicted octanol–water partition coefficient (Wildman–Crippen LogP) is 3.02. The van der Waals surface area contributed by atoms with Crippen LogP contribution >= 0.6 is 0 Å². The van der Waals surface area contributed by atoms with Gasteiger partial charge in [-0.05, 0) is 32.9 Å². The first-order valence-electron chi connectivity index (χ1n) is 9.98.